The number of nitrogens with zero attached hydrogens (tertiary/aromatic N) is 1. The Balaban J connectivity index is 2.13. The number of thiophene rings is 1. The number of carboxylic acid groups (broad SMARTS) is 1. The summed E-state index contributed by atoms with van der Waals surface area (Å²) in [5.74, 6) is -1.03. The Morgan fingerprint density at radius 1 is 1.71 bits per heavy atom. The fourth-order valence-electron chi connectivity index (χ4n) is 1.72. The number of nitrogens with one attached hydrogen (secondary N) is 1. The predicted octanol–water partition coefficient (Wildman–Crippen LogP) is 0.896. The summed E-state index contributed by atoms with van der Waals surface area (Å²) in [6, 6.07) is 1.27. The first-order valence-electron chi connectivity index (χ1n) is 5.03. The number of hydrogen-bond donors (Lipinski definition) is 2. The highest BCUT2D eigenvalue weighted by molar-refractivity contribution is 9.10. The van der Waals surface area contributed by atoms with Crippen LogP contribution in [0.15, 0.2) is 15.9 Å². The van der Waals surface area contributed by atoms with Crippen molar-refractivity contribution in [3.05, 3.63) is 20.8 Å². The molecule has 17 heavy (non-hydrogen) atoms. The molecule has 2 rings (SSSR count). The van der Waals surface area contributed by atoms with Crippen molar-refractivity contribution < 1.29 is 14.7 Å². The quantitative estimate of drug-likeness (QED) is 0.868. The molecule has 1 aliphatic heterocycles. The van der Waals surface area contributed by atoms with Crippen LogP contribution in [-0.4, -0.2) is 41.0 Å². The van der Waals surface area contributed by atoms with Crippen molar-refractivity contribution in [2.75, 3.05) is 13.1 Å². The molecule has 92 valence electrons. The van der Waals surface area contributed by atoms with Gasteiger partial charge in [0.05, 0.1) is 6.54 Å². The zero-order valence-electron chi connectivity index (χ0n) is 8.85. The minimum atomic E-state index is -0.905. The van der Waals surface area contributed by atoms with Crippen LogP contribution in [0.25, 0.3) is 0 Å². The van der Waals surface area contributed by atoms with Crippen molar-refractivity contribution >= 4 is 39.1 Å². The maximum atomic E-state index is 11.3. The molecule has 0 aliphatic carbocycles. The predicted molar refractivity (Wildman–Crippen MR) is 66.9 cm³/mol. The molecule has 1 fully saturated rings. The summed E-state index contributed by atoms with van der Waals surface area (Å²) >= 11 is 4.95. The molecule has 1 saturated heterocycles. The third kappa shape index (κ3) is 2.85. The van der Waals surface area contributed by atoms with Gasteiger partial charge in [-0.2, -0.15) is 0 Å². The molecule has 1 amide bonds. The Kier molecular flexibility index (Phi) is 3.80. The molecule has 5 nitrogen and oxygen atoms in total. The van der Waals surface area contributed by atoms with Gasteiger partial charge in [-0.05, 0) is 27.4 Å². The van der Waals surface area contributed by atoms with Gasteiger partial charge in [0.25, 0.3) is 0 Å². The van der Waals surface area contributed by atoms with Crippen LogP contribution in [0, 0.1) is 0 Å². The second-order valence-electron chi connectivity index (χ2n) is 3.75. The highest BCUT2D eigenvalue weighted by Crippen LogP contribution is 2.25. The SMILES string of the molecule is O=C1CN(Cc2sccc2Br)C(C(=O)O)CN1. The number of aliphatic carboxylic acids is 1. The molecule has 0 radical (unpaired) electrons. The van der Waals surface area contributed by atoms with Crippen LogP contribution in [0.4, 0.5) is 0 Å². The van der Waals surface area contributed by atoms with Crippen molar-refractivity contribution in [2.24, 2.45) is 0 Å². The lowest BCUT2D eigenvalue weighted by molar-refractivity contribution is -0.146. The van der Waals surface area contributed by atoms with Gasteiger partial charge in [0, 0.05) is 22.4 Å². The second kappa shape index (κ2) is 5.16. The smallest absolute Gasteiger partial charge is 0.322 e. The molecule has 2 heterocycles. The molecule has 2 N–H and O–H groups in total. The number of rotatable bonds is 3. The molecule has 1 atom stereocenters. The highest BCUT2D eigenvalue weighted by atomic mass is 79.9. The number of hydrogen-bond acceptors (Lipinski definition) is 4. The number of piperazine rings is 1. The fraction of sp³-hybridized carbons (Fsp3) is 0.400. The van der Waals surface area contributed by atoms with E-state index in [9.17, 15) is 9.59 Å². The Hall–Kier alpha value is -0.920. The maximum absolute atomic E-state index is 11.3. The van der Waals surface area contributed by atoms with Crippen LogP contribution in [0.5, 0.6) is 0 Å². The Morgan fingerprint density at radius 2 is 2.47 bits per heavy atom. The Morgan fingerprint density at radius 3 is 3.06 bits per heavy atom. The van der Waals surface area contributed by atoms with E-state index in [0.29, 0.717) is 6.54 Å². The lowest BCUT2D eigenvalue weighted by atomic mass is 10.2. The van der Waals surface area contributed by atoms with Gasteiger partial charge < -0.3 is 10.4 Å². The zero-order chi connectivity index (χ0) is 12.4. The van der Waals surface area contributed by atoms with Crippen LogP contribution < -0.4 is 5.32 Å². The normalized spacial score (nSPS) is 21.2. The van der Waals surface area contributed by atoms with E-state index in [-0.39, 0.29) is 19.0 Å². The van der Waals surface area contributed by atoms with Crippen molar-refractivity contribution in [3.63, 3.8) is 0 Å². The first kappa shape index (κ1) is 12.5. The molecular weight excluding hydrogens is 308 g/mol. The average molecular weight is 319 g/mol. The van der Waals surface area contributed by atoms with Gasteiger partial charge in [-0.3, -0.25) is 14.5 Å². The average Bonchev–Trinajstić information content (AvgIpc) is 2.64. The summed E-state index contributed by atoms with van der Waals surface area (Å²) in [6.07, 6.45) is 0. The van der Waals surface area contributed by atoms with Gasteiger partial charge in [0.2, 0.25) is 5.91 Å². The molecule has 0 spiro atoms. The minimum absolute atomic E-state index is 0.126. The van der Waals surface area contributed by atoms with E-state index in [0.717, 1.165) is 9.35 Å². The van der Waals surface area contributed by atoms with Crippen molar-refractivity contribution in [1.82, 2.24) is 10.2 Å². The summed E-state index contributed by atoms with van der Waals surface area (Å²) < 4.78 is 0.956. The molecule has 1 unspecified atom stereocenters. The van der Waals surface area contributed by atoms with E-state index in [2.05, 4.69) is 21.2 Å². The topological polar surface area (TPSA) is 69.6 Å². The van der Waals surface area contributed by atoms with E-state index in [1.807, 2.05) is 11.4 Å². The van der Waals surface area contributed by atoms with Crippen molar-refractivity contribution in [2.45, 2.75) is 12.6 Å². The Labute approximate surface area is 111 Å². The maximum Gasteiger partial charge on any atom is 0.322 e. The molecule has 0 bridgehead atoms. The zero-order valence-corrected chi connectivity index (χ0v) is 11.3. The monoisotopic (exact) mass is 318 g/mol. The third-order valence-electron chi connectivity index (χ3n) is 2.60. The van der Waals surface area contributed by atoms with E-state index in [1.165, 1.54) is 0 Å². The third-order valence-corrected chi connectivity index (χ3v) is 4.51. The molecule has 1 aromatic rings. The van der Waals surface area contributed by atoms with E-state index < -0.39 is 12.0 Å². The summed E-state index contributed by atoms with van der Waals surface area (Å²) in [5, 5.41) is 13.6. The number of halogens is 1. The number of carbonyl (C=O) groups excluding carboxylic acids is 1. The van der Waals surface area contributed by atoms with Gasteiger partial charge >= 0.3 is 5.97 Å². The molecule has 1 aliphatic rings. The van der Waals surface area contributed by atoms with Gasteiger partial charge in [-0.15, -0.1) is 11.3 Å². The fourth-order valence-corrected chi connectivity index (χ4v) is 3.22. The first-order valence-corrected chi connectivity index (χ1v) is 6.70. The van der Waals surface area contributed by atoms with Crippen LogP contribution >= 0.6 is 27.3 Å². The number of carboxylic acids is 1. The molecular formula is C10H11BrN2O3S. The van der Waals surface area contributed by atoms with Gasteiger partial charge in [-0.25, -0.2) is 0 Å². The van der Waals surface area contributed by atoms with Crippen LogP contribution in [0.2, 0.25) is 0 Å². The summed E-state index contributed by atoms with van der Waals surface area (Å²) in [7, 11) is 0. The van der Waals surface area contributed by atoms with Crippen molar-refractivity contribution in [3.8, 4) is 0 Å². The van der Waals surface area contributed by atoms with Crippen LogP contribution in [0.3, 0.4) is 0 Å². The first-order chi connectivity index (χ1) is 8.08. The summed E-state index contributed by atoms with van der Waals surface area (Å²) in [4.78, 5) is 25.1. The molecule has 0 saturated carbocycles. The van der Waals surface area contributed by atoms with Crippen LogP contribution in [-0.2, 0) is 16.1 Å². The lowest BCUT2D eigenvalue weighted by Gasteiger charge is -2.32. The second-order valence-corrected chi connectivity index (χ2v) is 5.61. The molecule has 7 heteroatoms. The largest absolute Gasteiger partial charge is 0.480 e. The highest BCUT2D eigenvalue weighted by Gasteiger charge is 2.32. The minimum Gasteiger partial charge on any atom is -0.480 e. The Bertz CT molecular complexity index is 449. The van der Waals surface area contributed by atoms with Gasteiger partial charge in [0.15, 0.2) is 0 Å². The summed E-state index contributed by atoms with van der Waals surface area (Å²) in [5.41, 5.74) is 0. The van der Waals surface area contributed by atoms with Crippen molar-refractivity contribution in [1.29, 1.82) is 0 Å². The van der Waals surface area contributed by atoms with Gasteiger partial charge in [0.1, 0.15) is 6.04 Å². The van der Waals surface area contributed by atoms with Crippen LogP contribution in [0.1, 0.15) is 4.88 Å². The summed E-state index contributed by atoms with van der Waals surface area (Å²) in [6.45, 7) is 0.765. The van der Waals surface area contributed by atoms with Gasteiger partial charge in [-0.1, -0.05) is 0 Å². The molecule has 0 aromatic carbocycles. The van der Waals surface area contributed by atoms with E-state index in [4.69, 9.17) is 5.11 Å². The number of carbonyl (C=O) groups is 2. The molecule has 1 aromatic heterocycles. The lowest BCUT2D eigenvalue weighted by Crippen LogP contribution is -2.56. The van der Waals surface area contributed by atoms with E-state index in [1.54, 1.807) is 16.2 Å². The number of amides is 1. The standard InChI is InChI=1S/C10H11BrN2O3S/c11-6-1-2-17-8(6)4-13-5-9(14)12-3-7(13)10(15)16/h1-2,7H,3-5H2,(H,12,14)(H,15,16). The van der Waals surface area contributed by atoms with E-state index >= 15 is 0 Å².